The molecule has 0 saturated carbocycles. The van der Waals surface area contributed by atoms with Gasteiger partial charge in [0.15, 0.2) is 0 Å². The minimum absolute atomic E-state index is 0.592. The summed E-state index contributed by atoms with van der Waals surface area (Å²) in [5.74, 6) is 1.74. The van der Waals surface area contributed by atoms with Gasteiger partial charge in [0.05, 0.1) is 18.4 Å². The van der Waals surface area contributed by atoms with E-state index in [0.29, 0.717) is 18.8 Å². The molecular formula is C15H19N3O. The van der Waals surface area contributed by atoms with E-state index in [-0.39, 0.29) is 0 Å². The number of rotatable bonds is 5. The van der Waals surface area contributed by atoms with Gasteiger partial charge in [0.2, 0.25) is 0 Å². The molecule has 19 heavy (non-hydrogen) atoms. The molecule has 2 aromatic rings. The van der Waals surface area contributed by atoms with Crippen molar-refractivity contribution in [2.75, 3.05) is 24.2 Å². The van der Waals surface area contributed by atoms with Crippen LogP contribution in [-0.2, 0) is 0 Å². The van der Waals surface area contributed by atoms with E-state index in [0.717, 1.165) is 17.1 Å². The zero-order chi connectivity index (χ0) is 13.7. The van der Waals surface area contributed by atoms with Gasteiger partial charge in [0, 0.05) is 0 Å². The van der Waals surface area contributed by atoms with Crippen molar-refractivity contribution >= 4 is 11.5 Å². The molecule has 0 bridgehead atoms. The molecule has 0 aliphatic rings. The maximum atomic E-state index is 5.66. The van der Waals surface area contributed by atoms with Crippen molar-refractivity contribution in [1.82, 2.24) is 4.98 Å². The highest BCUT2D eigenvalue weighted by Gasteiger charge is 2.00. The van der Waals surface area contributed by atoms with Gasteiger partial charge in [-0.3, -0.25) is 0 Å². The van der Waals surface area contributed by atoms with Gasteiger partial charge in [-0.25, -0.2) is 4.98 Å². The summed E-state index contributed by atoms with van der Waals surface area (Å²) >= 11 is 0. The van der Waals surface area contributed by atoms with Gasteiger partial charge in [-0.05, 0) is 43.2 Å². The van der Waals surface area contributed by atoms with Crippen molar-refractivity contribution < 1.29 is 4.74 Å². The Labute approximate surface area is 113 Å². The van der Waals surface area contributed by atoms with Crippen molar-refractivity contribution in [1.29, 1.82) is 0 Å². The fraction of sp³-hybridized carbons (Fsp3) is 0.267. The first-order valence-corrected chi connectivity index (χ1v) is 6.30. The highest BCUT2D eigenvalue weighted by atomic mass is 16.5. The monoisotopic (exact) mass is 257 g/mol. The number of hydrogen-bond donors (Lipinski definition) is 2. The zero-order valence-corrected chi connectivity index (χ0v) is 11.3. The third-order valence-electron chi connectivity index (χ3n) is 2.75. The number of anilines is 2. The largest absolute Gasteiger partial charge is 0.492 e. The van der Waals surface area contributed by atoms with Gasteiger partial charge in [-0.2, -0.15) is 0 Å². The SMILES string of the molecule is Cc1cccc(OCCNc2ncc(N)cc2C)c1. The van der Waals surface area contributed by atoms with E-state index in [1.165, 1.54) is 5.56 Å². The Morgan fingerprint density at radius 1 is 1.26 bits per heavy atom. The summed E-state index contributed by atoms with van der Waals surface area (Å²) in [4.78, 5) is 4.24. The normalized spacial score (nSPS) is 10.2. The van der Waals surface area contributed by atoms with Gasteiger partial charge in [0.25, 0.3) is 0 Å². The van der Waals surface area contributed by atoms with Gasteiger partial charge in [-0.15, -0.1) is 0 Å². The van der Waals surface area contributed by atoms with Crippen LogP contribution in [0.2, 0.25) is 0 Å². The predicted octanol–water partition coefficient (Wildman–Crippen LogP) is 2.77. The second-order valence-corrected chi connectivity index (χ2v) is 4.53. The van der Waals surface area contributed by atoms with Gasteiger partial charge in [-0.1, -0.05) is 12.1 Å². The van der Waals surface area contributed by atoms with Crippen molar-refractivity contribution in [3.05, 3.63) is 47.7 Å². The molecule has 1 heterocycles. The molecule has 0 saturated heterocycles. The Morgan fingerprint density at radius 3 is 2.84 bits per heavy atom. The third kappa shape index (κ3) is 3.88. The molecular weight excluding hydrogens is 238 g/mol. The molecule has 0 fully saturated rings. The standard InChI is InChI=1S/C15H19N3O/c1-11-4-3-5-14(8-11)19-7-6-17-15-12(2)9-13(16)10-18-15/h3-5,8-10H,6-7,16H2,1-2H3,(H,17,18). The lowest BCUT2D eigenvalue weighted by Gasteiger charge is -2.10. The van der Waals surface area contributed by atoms with Gasteiger partial charge in [0.1, 0.15) is 18.2 Å². The summed E-state index contributed by atoms with van der Waals surface area (Å²) in [6.45, 7) is 5.32. The van der Waals surface area contributed by atoms with Crippen molar-refractivity contribution in [3.63, 3.8) is 0 Å². The number of nitrogen functional groups attached to an aromatic ring is 1. The Kier molecular flexibility index (Phi) is 4.23. The maximum Gasteiger partial charge on any atom is 0.129 e. The number of aryl methyl sites for hydroxylation is 2. The predicted molar refractivity (Wildman–Crippen MR) is 78.6 cm³/mol. The molecule has 0 atom stereocenters. The summed E-state index contributed by atoms with van der Waals surface area (Å²) in [6, 6.07) is 9.92. The Hall–Kier alpha value is -2.23. The average Bonchev–Trinajstić information content (AvgIpc) is 2.37. The van der Waals surface area contributed by atoms with Crippen LogP contribution in [0.3, 0.4) is 0 Å². The fourth-order valence-corrected chi connectivity index (χ4v) is 1.83. The quantitative estimate of drug-likeness (QED) is 0.809. The Bertz CT molecular complexity index is 555. The molecule has 100 valence electrons. The number of benzene rings is 1. The topological polar surface area (TPSA) is 60.2 Å². The highest BCUT2D eigenvalue weighted by Crippen LogP contribution is 2.14. The van der Waals surface area contributed by atoms with E-state index in [9.17, 15) is 0 Å². The highest BCUT2D eigenvalue weighted by molar-refractivity contribution is 5.50. The molecule has 1 aromatic heterocycles. The maximum absolute atomic E-state index is 5.66. The lowest BCUT2D eigenvalue weighted by Crippen LogP contribution is -2.13. The first-order valence-electron chi connectivity index (χ1n) is 6.30. The summed E-state index contributed by atoms with van der Waals surface area (Å²) in [7, 11) is 0. The molecule has 0 amide bonds. The van der Waals surface area contributed by atoms with Crippen LogP contribution < -0.4 is 15.8 Å². The lowest BCUT2D eigenvalue weighted by atomic mass is 10.2. The van der Waals surface area contributed by atoms with E-state index in [2.05, 4.69) is 10.3 Å². The molecule has 2 rings (SSSR count). The number of pyridine rings is 1. The molecule has 0 unspecified atom stereocenters. The average molecular weight is 257 g/mol. The van der Waals surface area contributed by atoms with Gasteiger partial charge < -0.3 is 15.8 Å². The number of nitrogens with two attached hydrogens (primary N) is 1. The second kappa shape index (κ2) is 6.09. The van der Waals surface area contributed by atoms with Crippen LogP contribution in [0, 0.1) is 13.8 Å². The van der Waals surface area contributed by atoms with E-state index in [4.69, 9.17) is 10.5 Å². The van der Waals surface area contributed by atoms with E-state index in [1.807, 2.05) is 44.2 Å². The number of nitrogens with zero attached hydrogens (tertiary/aromatic N) is 1. The molecule has 0 radical (unpaired) electrons. The number of nitrogens with one attached hydrogen (secondary N) is 1. The smallest absolute Gasteiger partial charge is 0.129 e. The second-order valence-electron chi connectivity index (χ2n) is 4.53. The van der Waals surface area contributed by atoms with E-state index < -0.39 is 0 Å². The Morgan fingerprint density at radius 2 is 2.11 bits per heavy atom. The number of hydrogen-bond acceptors (Lipinski definition) is 4. The Balaban J connectivity index is 1.81. The summed E-state index contributed by atoms with van der Waals surface area (Å²) < 4.78 is 5.66. The molecule has 4 nitrogen and oxygen atoms in total. The first-order chi connectivity index (χ1) is 9.15. The van der Waals surface area contributed by atoms with Crippen LogP contribution in [0.1, 0.15) is 11.1 Å². The third-order valence-corrected chi connectivity index (χ3v) is 2.75. The molecule has 0 aliphatic carbocycles. The molecule has 0 aliphatic heterocycles. The zero-order valence-electron chi connectivity index (χ0n) is 11.3. The van der Waals surface area contributed by atoms with Crippen LogP contribution >= 0.6 is 0 Å². The summed E-state index contributed by atoms with van der Waals surface area (Å²) in [5, 5.41) is 3.23. The molecule has 0 spiro atoms. The first kappa shape index (κ1) is 13.2. The number of aromatic nitrogens is 1. The van der Waals surface area contributed by atoms with Crippen LogP contribution in [-0.4, -0.2) is 18.1 Å². The fourth-order valence-electron chi connectivity index (χ4n) is 1.83. The van der Waals surface area contributed by atoms with Crippen LogP contribution in [0.5, 0.6) is 5.75 Å². The van der Waals surface area contributed by atoms with E-state index >= 15 is 0 Å². The van der Waals surface area contributed by atoms with Crippen LogP contribution in [0.4, 0.5) is 11.5 Å². The van der Waals surface area contributed by atoms with Crippen molar-refractivity contribution in [2.24, 2.45) is 0 Å². The number of ether oxygens (including phenoxy) is 1. The van der Waals surface area contributed by atoms with Crippen molar-refractivity contribution in [3.8, 4) is 5.75 Å². The molecule has 1 aromatic carbocycles. The summed E-state index contributed by atoms with van der Waals surface area (Å²) in [5.41, 5.74) is 8.57. The van der Waals surface area contributed by atoms with E-state index in [1.54, 1.807) is 6.20 Å². The van der Waals surface area contributed by atoms with Crippen LogP contribution in [0.15, 0.2) is 36.5 Å². The lowest BCUT2D eigenvalue weighted by molar-refractivity contribution is 0.332. The minimum atomic E-state index is 0.592. The summed E-state index contributed by atoms with van der Waals surface area (Å²) in [6.07, 6.45) is 1.65. The molecule has 3 N–H and O–H groups in total. The van der Waals surface area contributed by atoms with Crippen LogP contribution in [0.25, 0.3) is 0 Å². The molecule has 4 heteroatoms. The minimum Gasteiger partial charge on any atom is -0.492 e. The van der Waals surface area contributed by atoms with Gasteiger partial charge >= 0.3 is 0 Å². The van der Waals surface area contributed by atoms with Crippen molar-refractivity contribution in [2.45, 2.75) is 13.8 Å².